The normalized spacial score (nSPS) is 14.9. The molecule has 1 fully saturated rings. The lowest BCUT2D eigenvalue weighted by Gasteiger charge is -2.27. The summed E-state index contributed by atoms with van der Waals surface area (Å²) in [7, 11) is -2.21. The highest BCUT2D eigenvalue weighted by Crippen LogP contribution is 2.34. The number of fused-ring (bicyclic) bond motifs is 1. The van der Waals surface area contributed by atoms with Crippen LogP contribution in [0.3, 0.4) is 0 Å². The fourth-order valence-corrected chi connectivity index (χ4v) is 4.59. The van der Waals surface area contributed by atoms with Crippen molar-refractivity contribution in [2.24, 2.45) is 0 Å². The fraction of sp³-hybridized carbons (Fsp3) is 0.417. The number of anilines is 2. The third-order valence-electron chi connectivity index (χ3n) is 6.01. The van der Waals surface area contributed by atoms with Crippen LogP contribution < -0.4 is 15.2 Å². The molecule has 0 saturated carbocycles. The molecule has 0 spiro atoms. The lowest BCUT2D eigenvalue weighted by atomic mass is 10.1. The number of halogens is 1. The van der Waals surface area contributed by atoms with Crippen molar-refractivity contribution in [3.05, 3.63) is 58.4 Å². The lowest BCUT2D eigenvalue weighted by Crippen LogP contribution is -2.29. The van der Waals surface area contributed by atoms with Crippen LogP contribution in [0, 0.1) is 12.7 Å². The van der Waals surface area contributed by atoms with E-state index < -0.39 is 15.9 Å². The van der Waals surface area contributed by atoms with Gasteiger partial charge in [-0.05, 0) is 49.6 Å². The Balaban J connectivity index is 1.81. The number of hydrogen-bond acceptors (Lipinski definition) is 8. The maximum atomic E-state index is 15.3. The van der Waals surface area contributed by atoms with E-state index in [2.05, 4.69) is 4.98 Å². The van der Waals surface area contributed by atoms with Gasteiger partial charge in [-0.25, -0.2) is 9.37 Å². The van der Waals surface area contributed by atoms with Crippen LogP contribution in [0.2, 0.25) is 0 Å². The van der Waals surface area contributed by atoms with Gasteiger partial charge in [0.2, 0.25) is 0 Å². The summed E-state index contributed by atoms with van der Waals surface area (Å²) < 4.78 is 55.6. The van der Waals surface area contributed by atoms with Crippen molar-refractivity contribution in [2.75, 3.05) is 44.6 Å². The Morgan fingerprint density at radius 1 is 1.23 bits per heavy atom. The number of rotatable bonds is 8. The highest BCUT2D eigenvalue weighted by atomic mass is 32.2. The number of aryl methyl sites for hydroxylation is 1. The van der Waals surface area contributed by atoms with Gasteiger partial charge in [0.25, 0.3) is 15.7 Å². The van der Waals surface area contributed by atoms with Crippen molar-refractivity contribution < 1.29 is 26.5 Å². The van der Waals surface area contributed by atoms with E-state index in [0.29, 0.717) is 41.1 Å². The zero-order valence-electron chi connectivity index (χ0n) is 19.9. The monoisotopic (exact) mass is 505 g/mol. The summed E-state index contributed by atoms with van der Waals surface area (Å²) >= 11 is 0. The van der Waals surface area contributed by atoms with Gasteiger partial charge < -0.3 is 14.4 Å². The Labute approximate surface area is 203 Å². The van der Waals surface area contributed by atoms with Crippen LogP contribution in [-0.4, -0.2) is 57.7 Å². The predicted octanol–water partition coefficient (Wildman–Crippen LogP) is 3.32. The zero-order chi connectivity index (χ0) is 25.2. The fourth-order valence-electron chi connectivity index (χ4n) is 4.22. The van der Waals surface area contributed by atoms with Crippen molar-refractivity contribution in [1.29, 1.82) is 0 Å². The summed E-state index contributed by atoms with van der Waals surface area (Å²) in [6.45, 7) is 2.57. The lowest BCUT2D eigenvalue weighted by molar-refractivity contribution is 0.0685. The largest absolute Gasteiger partial charge is 0.497 e. The second-order valence-electron chi connectivity index (χ2n) is 8.46. The van der Waals surface area contributed by atoms with E-state index in [-0.39, 0.29) is 30.4 Å². The number of ether oxygens (including phenoxy) is 2. The van der Waals surface area contributed by atoms with Gasteiger partial charge in [0.15, 0.2) is 0 Å². The predicted molar refractivity (Wildman–Crippen MR) is 131 cm³/mol. The van der Waals surface area contributed by atoms with E-state index in [4.69, 9.17) is 13.7 Å². The van der Waals surface area contributed by atoms with E-state index in [9.17, 15) is 13.2 Å². The molecule has 0 bridgehead atoms. The van der Waals surface area contributed by atoms with Gasteiger partial charge in [0, 0.05) is 37.6 Å². The maximum Gasteiger partial charge on any atom is 0.264 e. The van der Waals surface area contributed by atoms with Crippen LogP contribution in [0.15, 0.2) is 41.5 Å². The van der Waals surface area contributed by atoms with Crippen LogP contribution in [0.25, 0.3) is 10.9 Å². The smallest absolute Gasteiger partial charge is 0.264 e. The summed E-state index contributed by atoms with van der Waals surface area (Å²) in [6, 6.07) is 8.14. The molecule has 3 aromatic rings. The van der Waals surface area contributed by atoms with Gasteiger partial charge in [0.05, 0.1) is 42.9 Å². The molecule has 0 unspecified atom stereocenters. The number of hydrogen-bond donors (Lipinski definition) is 0. The molecule has 2 heterocycles. The Kier molecular flexibility index (Phi) is 7.39. The second-order valence-corrected chi connectivity index (χ2v) is 10.1. The maximum absolute atomic E-state index is 15.3. The molecular weight excluding hydrogens is 477 g/mol. The van der Waals surface area contributed by atoms with E-state index in [1.807, 2.05) is 0 Å². The SMILES string of the molecule is COc1cc(C)c(F)c(N(CCOS(C)(=O)=O)c2ccc3ncn(C4CCOCC4)c(=O)c3c2)c1. The number of aromatic nitrogens is 2. The zero-order valence-corrected chi connectivity index (χ0v) is 20.7. The molecule has 0 radical (unpaired) electrons. The third-order valence-corrected chi connectivity index (χ3v) is 6.60. The molecule has 1 aliphatic heterocycles. The summed E-state index contributed by atoms with van der Waals surface area (Å²) in [5.74, 6) is -0.0479. The average Bonchev–Trinajstić information content (AvgIpc) is 2.84. The van der Waals surface area contributed by atoms with Crippen LogP contribution in [0.5, 0.6) is 5.75 Å². The highest BCUT2D eigenvalue weighted by molar-refractivity contribution is 7.85. The van der Waals surface area contributed by atoms with E-state index in [1.165, 1.54) is 13.2 Å². The molecule has 1 aliphatic rings. The van der Waals surface area contributed by atoms with Gasteiger partial charge in [-0.3, -0.25) is 13.5 Å². The molecule has 188 valence electrons. The minimum Gasteiger partial charge on any atom is -0.497 e. The van der Waals surface area contributed by atoms with Gasteiger partial charge >= 0.3 is 0 Å². The van der Waals surface area contributed by atoms with Gasteiger partial charge in [-0.2, -0.15) is 8.42 Å². The van der Waals surface area contributed by atoms with Crippen molar-refractivity contribution in [3.8, 4) is 5.75 Å². The van der Waals surface area contributed by atoms with Crippen LogP contribution in [0.4, 0.5) is 15.8 Å². The molecule has 0 amide bonds. The third kappa shape index (κ3) is 5.63. The Hall–Kier alpha value is -3.02. The summed E-state index contributed by atoms with van der Waals surface area (Å²) in [6.07, 6.45) is 3.95. The number of methoxy groups -OCH3 is 1. The van der Waals surface area contributed by atoms with Crippen molar-refractivity contribution in [1.82, 2.24) is 9.55 Å². The Bertz CT molecular complexity index is 1390. The molecule has 9 nitrogen and oxygen atoms in total. The minimum absolute atomic E-state index is 0.00505. The molecular formula is C24H28FN3O6S. The first-order valence-corrected chi connectivity index (χ1v) is 13.0. The van der Waals surface area contributed by atoms with Crippen molar-refractivity contribution in [2.45, 2.75) is 25.8 Å². The molecule has 0 N–H and O–H groups in total. The molecule has 0 atom stereocenters. The first kappa shape index (κ1) is 25.1. The van der Waals surface area contributed by atoms with Crippen LogP contribution >= 0.6 is 0 Å². The molecule has 35 heavy (non-hydrogen) atoms. The molecule has 4 rings (SSSR count). The first-order valence-electron chi connectivity index (χ1n) is 11.2. The van der Waals surface area contributed by atoms with Gasteiger partial charge in [-0.15, -0.1) is 0 Å². The Morgan fingerprint density at radius 2 is 1.97 bits per heavy atom. The second kappa shape index (κ2) is 10.3. The number of benzene rings is 2. The van der Waals surface area contributed by atoms with Crippen LogP contribution in [0.1, 0.15) is 24.4 Å². The first-order chi connectivity index (χ1) is 16.7. The van der Waals surface area contributed by atoms with E-state index in [0.717, 1.165) is 19.1 Å². The molecule has 0 aliphatic carbocycles. The Morgan fingerprint density at radius 3 is 2.66 bits per heavy atom. The number of nitrogens with zero attached hydrogens (tertiary/aromatic N) is 3. The summed E-state index contributed by atoms with van der Waals surface area (Å²) in [4.78, 5) is 19.4. The van der Waals surface area contributed by atoms with Crippen molar-refractivity contribution in [3.63, 3.8) is 0 Å². The van der Waals surface area contributed by atoms with Crippen molar-refractivity contribution >= 4 is 32.4 Å². The van der Waals surface area contributed by atoms with E-state index >= 15 is 4.39 Å². The molecule has 11 heteroatoms. The molecule has 1 saturated heterocycles. The van der Waals surface area contributed by atoms with Gasteiger partial charge in [0.1, 0.15) is 11.6 Å². The highest BCUT2D eigenvalue weighted by Gasteiger charge is 2.21. The summed E-state index contributed by atoms with van der Waals surface area (Å²) in [5.41, 5.74) is 1.34. The topological polar surface area (TPSA) is 100.0 Å². The average molecular weight is 506 g/mol. The van der Waals surface area contributed by atoms with Gasteiger partial charge in [-0.1, -0.05) is 0 Å². The van der Waals surface area contributed by atoms with E-state index in [1.54, 1.807) is 47.0 Å². The molecule has 1 aromatic heterocycles. The summed E-state index contributed by atoms with van der Waals surface area (Å²) in [5, 5.41) is 0.380. The standard InChI is InChI=1S/C24H28FN3O6S/c1-16-12-19(32-2)14-22(23(16)25)27(8-11-34-35(3,30)31)18-4-5-21-20(13-18)24(29)28(15-26-21)17-6-9-33-10-7-17/h4-5,12-15,17H,6-11H2,1-3H3. The quantitative estimate of drug-likeness (QED) is 0.430. The minimum atomic E-state index is -3.69. The van der Waals surface area contributed by atoms with Crippen LogP contribution in [-0.2, 0) is 19.0 Å². The molecule has 2 aromatic carbocycles.